The SMILES string of the molecule is NC(=O)N1CCc2cc(Nc3ccccc3)ccc2C1c1c[nH]c2ccccc12. The molecule has 1 aliphatic heterocycles. The maximum atomic E-state index is 12.2. The number of hydrogen-bond acceptors (Lipinski definition) is 2. The molecule has 0 bridgehead atoms. The topological polar surface area (TPSA) is 74.2 Å². The van der Waals surface area contributed by atoms with Gasteiger partial charge in [-0.1, -0.05) is 42.5 Å². The Kier molecular flexibility index (Phi) is 4.21. The summed E-state index contributed by atoms with van der Waals surface area (Å²) in [6.45, 7) is 0.599. The number of amides is 2. The van der Waals surface area contributed by atoms with Crippen molar-refractivity contribution < 1.29 is 4.79 Å². The second-order valence-corrected chi connectivity index (χ2v) is 7.38. The molecule has 29 heavy (non-hydrogen) atoms. The fourth-order valence-electron chi connectivity index (χ4n) is 4.29. The van der Waals surface area contributed by atoms with Crippen LogP contribution < -0.4 is 11.1 Å². The van der Waals surface area contributed by atoms with Gasteiger partial charge in [-0.3, -0.25) is 0 Å². The number of rotatable bonds is 3. The number of carbonyl (C=O) groups excluding carboxylic acids is 1. The zero-order valence-corrected chi connectivity index (χ0v) is 15.9. The number of aromatic amines is 1. The Morgan fingerprint density at radius 1 is 0.966 bits per heavy atom. The normalized spacial score (nSPS) is 15.9. The van der Waals surface area contributed by atoms with E-state index in [9.17, 15) is 4.79 Å². The molecule has 5 nitrogen and oxygen atoms in total. The van der Waals surface area contributed by atoms with Gasteiger partial charge in [-0.15, -0.1) is 0 Å². The summed E-state index contributed by atoms with van der Waals surface area (Å²) in [5.74, 6) is 0. The number of aromatic nitrogens is 1. The van der Waals surface area contributed by atoms with E-state index in [0.29, 0.717) is 6.54 Å². The van der Waals surface area contributed by atoms with Crippen LogP contribution >= 0.6 is 0 Å². The molecule has 3 aromatic carbocycles. The Hall–Kier alpha value is -3.73. The molecule has 5 heteroatoms. The smallest absolute Gasteiger partial charge is 0.315 e. The number of nitrogens with zero attached hydrogens (tertiary/aromatic N) is 1. The lowest BCUT2D eigenvalue weighted by Crippen LogP contribution is -2.43. The van der Waals surface area contributed by atoms with Gasteiger partial charge in [0.1, 0.15) is 0 Å². The van der Waals surface area contributed by atoms with Crippen molar-refractivity contribution in [1.82, 2.24) is 9.88 Å². The first-order valence-corrected chi connectivity index (χ1v) is 9.78. The molecule has 4 aromatic rings. The van der Waals surface area contributed by atoms with Gasteiger partial charge in [0.25, 0.3) is 0 Å². The van der Waals surface area contributed by atoms with Gasteiger partial charge < -0.3 is 20.9 Å². The molecule has 0 spiro atoms. The molecule has 2 heterocycles. The Bertz CT molecular complexity index is 1180. The number of primary amides is 1. The lowest BCUT2D eigenvalue weighted by molar-refractivity contribution is 0.190. The monoisotopic (exact) mass is 382 g/mol. The Morgan fingerprint density at radius 2 is 1.76 bits per heavy atom. The maximum absolute atomic E-state index is 12.2. The summed E-state index contributed by atoms with van der Waals surface area (Å²) in [6, 6.07) is 24.0. The zero-order chi connectivity index (χ0) is 19.8. The van der Waals surface area contributed by atoms with E-state index in [1.54, 1.807) is 4.90 Å². The van der Waals surface area contributed by atoms with Crippen molar-refractivity contribution in [3.05, 3.63) is 95.7 Å². The predicted octanol–water partition coefficient (Wildman–Crippen LogP) is 4.94. The highest BCUT2D eigenvalue weighted by Gasteiger charge is 2.32. The molecular weight excluding hydrogens is 360 g/mol. The van der Waals surface area contributed by atoms with Gasteiger partial charge in [0, 0.05) is 40.6 Å². The average Bonchev–Trinajstić information content (AvgIpc) is 3.17. The molecule has 1 unspecified atom stereocenters. The van der Waals surface area contributed by atoms with Crippen LogP contribution in [0.4, 0.5) is 16.2 Å². The Labute approximate surface area is 169 Å². The highest BCUT2D eigenvalue weighted by Crippen LogP contribution is 2.39. The summed E-state index contributed by atoms with van der Waals surface area (Å²) in [7, 11) is 0. The molecule has 0 fully saturated rings. The van der Waals surface area contributed by atoms with E-state index in [0.717, 1.165) is 39.8 Å². The Balaban J connectivity index is 1.58. The van der Waals surface area contributed by atoms with Gasteiger partial charge in [0.2, 0.25) is 0 Å². The van der Waals surface area contributed by atoms with Crippen LogP contribution in [0.5, 0.6) is 0 Å². The number of carbonyl (C=O) groups is 1. The summed E-state index contributed by atoms with van der Waals surface area (Å²) in [5, 5.41) is 4.57. The van der Waals surface area contributed by atoms with Crippen molar-refractivity contribution in [2.45, 2.75) is 12.5 Å². The molecule has 0 saturated heterocycles. The summed E-state index contributed by atoms with van der Waals surface area (Å²) in [6.07, 6.45) is 2.78. The van der Waals surface area contributed by atoms with E-state index in [1.807, 2.05) is 54.7 Å². The number of para-hydroxylation sites is 2. The van der Waals surface area contributed by atoms with Gasteiger partial charge in [0.15, 0.2) is 0 Å². The van der Waals surface area contributed by atoms with Crippen LogP contribution in [0.1, 0.15) is 22.7 Å². The summed E-state index contributed by atoms with van der Waals surface area (Å²) in [5.41, 5.74) is 12.3. The second kappa shape index (κ2) is 7.02. The second-order valence-electron chi connectivity index (χ2n) is 7.38. The average molecular weight is 382 g/mol. The van der Waals surface area contributed by atoms with Crippen LogP contribution in [0, 0.1) is 0 Å². The minimum Gasteiger partial charge on any atom is -0.361 e. The third kappa shape index (κ3) is 3.10. The van der Waals surface area contributed by atoms with Crippen LogP contribution in [0.15, 0.2) is 79.0 Å². The van der Waals surface area contributed by atoms with Gasteiger partial charge in [0.05, 0.1) is 6.04 Å². The summed E-state index contributed by atoms with van der Waals surface area (Å²) >= 11 is 0. The van der Waals surface area contributed by atoms with E-state index in [4.69, 9.17) is 5.73 Å². The van der Waals surface area contributed by atoms with Gasteiger partial charge in [-0.2, -0.15) is 0 Å². The highest BCUT2D eigenvalue weighted by atomic mass is 16.2. The lowest BCUT2D eigenvalue weighted by Gasteiger charge is -2.36. The molecule has 5 rings (SSSR count). The number of nitrogens with one attached hydrogen (secondary N) is 2. The van der Waals surface area contributed by atoms with E-state index >= 15 is 0 Å². The predicted molar refractivity (Wildman–Crippen MR) is 116 cm³/mol. The van der Waals surface area contributed by atoms with Gasteiger partial charge in [-0.25, -0.2) is 4.79 Å². The molecule has 0 aliphatic carbocycles. The summed E-state index contributed by atoms with van der Waals surface area (Å²) in [4.78, 5) is 17.3. The number of urea groups is 1. The number of fused-ring (bicyclic) bond motifs is 2. The molecule has 0 radical (unpaired) electrons. The quantitative estimate of drug-likeness (QED) is 0.470. The van der Waals surface area contributed by atoms with Crippen molar-refractivity contribution in [2.75, 3.05) is 11.9 Å². The number of nitrogens with two attached hydrogens (primary N) is 1. The number of benzene rings is 3. The van der Waals surface area contributed by atoms with Crippen molar-refractivity contribution in [3.8, 4) is 0 Å². The van der Waals surface area contributed by atoms with E-state index in [1.165, 1.54) is 5.56 Å². The fraction of sp³-hybridized carbons (Fsp3) is 0.125. The molecule has 1 atom stereocenters. The summed E-state index contributed by atoms with van der Waals surface area (Å²) < 4.78 is 0. The Morgan fingerprint density at radius 3 is 2.59 bits per heavy atom. The minimum atomic E-state index is -0.391. The lowest BCUT2D eigenvalue weighted by atomic mass is 9.88. The third-order valence-electron chi connectivity index (χ3n) is 5.63. The standard InChI is InChI=1S/C24H22N4O/c25-24(29)28-13-12-16-14-18(27-17-6-2-1-3-7-17)10-11-19(16)23(28)21-15-26-22-9-5-4-8-20(21)22/h1-11,14-15,23,26-27H,12-13H2,(H2,25,29). The first-order chi connectivity index (χ1) is 14.2. The maximum Gasteiger partial charge on any atom is 0.315 e. The molecule has 2 amide bonds. The molecule has 1 aliphatic rings. The zero-order valence-electron chi connectivity index (χ0n) is 15.9. The van der Waals surface area contributed by atoms with Gasteiger partial charge in [-0.05, 0) is 47.9 Å². The molecule has 144 valence electrons. The van der Waals surface area contributed by atoms with E-state index in [-0.39, 0.29) is 6.04 Å². The first-order valence-electron chi connectivity index (χ1n) is 9.78. The van der Waals surface area contributed by atoms with Crippen LogP contribution in [-0.2, 0) is 6.42 Å². The highest BCUT2D eigenvalue weighted by molar-refractivity contribution is 5.85. The molecule has 4 N–H and O–H groups in total. The number of hydrogen-bond donors (Lipinski definition) is 3. The van der Waals surface area contributed by atoms with E-state index < -0.39 is 6.03 Å². The largest absolute Gasteiger partial charge is 0.361 e. The van der Waals surface area contributed by atoms with Crippen molar-refractivity contribution >= 4 is 28.3 Å². The minimum absolute atomic E-state index is 0.196. The number of H-pyrrole nitrogens is 1. The van der Waals surface area contributed by atoms with Crippen LogP contribution in [0.25, 0.3) is 10.9 Å². The van der Waals surface area contributed by atoms with Crippen molar-refractivity contribution in [2.24, 2.45) is 5.73 Å². The van der Waals surface area contributed by atoms with Crippen LogP contribution in [0.3, 0.4) is 0 Å². The van der Waals surface area contributed by atoms with Crippen LogP contribution in [-0.4, -0.2) is 22.5 Å². The number of anilines is 2. The van der Waals surface area contributed by atoms with Crippen molar-refractivity contribution in [1.29, 1.82) is 0 Å². The molecular formula is C24H22N4O. The fourth-order valence-corrected chi connectivity index (χ4v) is 4.29. The van der Waals surface area contributed by atoms with Gasteiger partial charge >= 0.3 is 6.03 Å². The third-order valence-corrected chi connectivity index (χ3v) is 5.63. The molecule has 1 aromatic heterocycles. The van der Waals surface area contributed by atoms with Crippen LogP contribution in [0.2, 0.25) is 0 Å². The molecule has 0 saturated carbocycles. The van der Waals surface area contributed by atoms with E-state index in [2.05, 4.69) is 34.6 Å². The first kappa shape index (κ1) is 17.4. The van der Waals surface area contributed by atoms with Crippen molar-refractivity contribution in [3.63, 3.8) is 0 Å².